The minimum atomic E-state index is -0.950. The van der Waals surface area contributed by atoms with E-state index in [1.165, 1.54) is 0 Å². The fourth-order valence-electron chi connectivity index (χ4n) is 5.10. The van der Waals surface area contributed by atoms with Crippen LogP contribution in [0.15, 0.2) is 18.2 Å². The Balaban J connectivity index is 1.27. The second-order valence-electron chi connectivity index (χ2n) is 8.94. The Kier molecular flexibility index (Phi) is 4.32. The smallest absolute Gasteiger partial charge is 0.262 e. The number of carbonyl (C=O) groups excluding carboxylic acids is 4. The normalized spacial score (nSPS) is 32.7. The van der Waals surface area contributed by atoms with Crippen LogP contribution in [0.25, 0.3) is 0 Å². The van der Waals surface area contributed by atoms with Crippen LogP contribution in [0.4, 0.5) is 0 Å². The van der Waals surface area contributed by atoms with Crippen LogP contribution in [0, 0.1) is 0 Å². The molecule has 4 aliphatic rings. The highest BCUT2D eigenvalue weighted by Crippen LogP contribution is 2.45. The predicted molar refractivity (Wildman–Crippen MR) is 104 cm³/mol. The monoisotopic (exact) mass is 412 g/mol. The molecule has 5 rings (SSSR count). The van der Waals surface area contributed by atoms with Crippen molar-refractivity contribution in [1.29, 1.82) is 0 Å². The topological polar surface area (TPSA) is 131 Å². The molecule has 3 fully saturated rings. The largest absolute Gasteiger partial charge is 0.372 e. The highest BCUT2D eigenvalue weighted by molar-refractivity contribution is 6.23. The number of rotatable bonds is 5. The molecule has 4 amide bonds. The number of piperidine rings is 1. The van der Waals surface area contributed by atoms with Crippen molar-refractivity contribution < 1.29 is 23.9 Å². The molecule has 4 N–H and O–H groups in total. The number of fused-ring (bicyclic) bond motifs is 3. The van der Waals surface area contributed by atoms with Crippen molar-refractivity contribution in [3.8, 4) is 0 Å². The number of benzene rings is 1. The first-order chi connectivity index (χ1) is 14.3. The van der Waals surface area contributed by atoms with E-state index in [1.807, 2.05) is 0 Å². The molecular weight excluding hydrogens is 388 g/mol. The zero-order chi connectivity index (χ0) is 21.1. The third-order valence-electron chi connectivity index (χ3n) is 6.70. The Labute approximate surface area is 173 Å². The summed E-state index contributed by atoms with van der Waals surface area (Å²) in [5, 5.41) is 5.59. The van der Waals surface area contributed by atoms with Crippen molar-refractivity contribution >= 4 is 23.6 Å². The standard InChI is InChI=1S/C21H24N4O5/c22-20-5-6-21(9-20,30-11-20)10-23-8-12-1-2-13-14(7-12)19(29)25(18(13)28)15-3-4-16(26)24-17(15)27/h1-2,7,15,23H,3-6,8-11,22H2,(H,24,26,27). The van der Waals surface area contributed by atoms with E-state index in [9.17, 15) is 19.2 Å². The first-order valence-electron chi connectivity index (χ1n) is 10.3. The van der Waals surface area contributed by atoms with Gasteiger partial charge in [0.05, 0.1) is 23.3 Å². The summed E-state index contributed by atoms with van der Waals surface area (Å²) in [5.74, 6) is -1.98. The molecule has 3 heterocycles. The van der Waals surface area contributed by atoms with E-state index < -0.39 is 23.8 Å². The Hall–Kier alpha value is -2.62. The Morgan fingerprint density at radius 3 is 2.63 bits per heavy atom. The van der Waals surface area contributed by atoms with Gasteiger partial charge in [-0.25, -0.2) is 0 Å². The molecule has 2 bridgehead atoms. The molecule has 1 aliphatic carbocycles. The van der Waals surface area contributed by atoms with E-state index >= 15 is 0 Å². The molecule has 30 heavy (non-hydrogen) atoms. The summed E-state index contributed by atoms with van der Waals surface area (Å²) in [6, 6.07) is 4.18. The van der Waals surface area contributed by atoms with E-state index in [0.29, 0.717) is 25.3 Å². The number of imide groups is 2. The highest BCUT2D eigenvalue weighted by Gasteiger charge is 2.53. The van der Waals surface area contributed by atoms with Crippen LogP contribution >= 0.6 is 0 Å². The van der Waals surface area contributed by atoms with E-state index in [4.69, 9.17) is 10.5 Å². The zero-order valence-corrected chi connectivity index (χ0v) is 16.5. The molecule has 158 valence electrons. The van der Waals surface area contributed by atoms with Gasteiger partial charge in [-0.15, -0.1) is 0 Å². The highest BCUT2D eigenvalue weighted by atomic mass is 16.5. The molecular formula is C21H24N4O5. The summed E-state index contributed by atoms with van der Waals surface area (Å²) in [6.45, 7) is 1.80. The summed E-state index contributed by atoms with van der Waals surface area (Å²) in [5.41, 5.74) is 7.32. The lowest BCUT2D eigenvalue weighted by atomic mass is 10.00. The second kappa shape index (κ2) is 6.69. The maximum atomic E-state index is 12.9. The van der Waals surface area contributed by atoms with Gasteiger partial charge in [-0.3, -0.25) is 29.4 Å². The average Bonchev–Trinajstić information content (AvgIpc) is 3.30. The lowest BCUT2D eigenvalue weighted by Gasteiger charge is -2.27. The number of amides is 4. The summed E-state index contributed by atoms with van der Waals surface area (Å²) in [7, 11) is 0. The number of hydrogen-bond donors (Lipinski definition) is 3. The molecule has 3 aliphatic heterocycles. The summed E-state index contributed by atoms with van der Waals surface area (Å²) in [6.07, 6.45) is 3.02. The minimum absolute atomic E-state index is 0.104. The number of nitrogens with two attached hydrogens (primary N) is 1. The SMILES string of the molecule is NC12CCC(CNCc3ccc4c(c3)C(=O)N(C3CCC(=O)NC3=O)C4=O)(C1)OC2. The second-order valence-corrected chi connectivity index (χ2v) is 8.94. The van der Waals surface area contributed by atoms with Crippen molar-refractivity contribution in [1.82, 2.24) is 15.5 Å². The molecule has 3 atom stereocenters. The van der Waals surface area contributed by atoms with E-state index in [-0.39, 0.29) is 35.5 Å². The molecule has 9 heteroatoms. The average molecular weight is 412 g/mol. The van der Waals surface area contributed by atoms with E-state index in [0.717, 1.165) is 29.7 Å². The molecule has 0 aromatic heterocycles. The van der Waals surface area contributed by atoms with Crippen LogP contribution in [-0.4, -0.2) is 58.9 Å². The van der Waals surface area contributed by atoms with Gasteiger partial charge in [-0.1, -0.05) is 6.07 Å². The van der Waals surface area contributed by atoms with Crippen LogP contribution in [-0.2, 0) is 20.9 Å². The number of nitrogens with one attached hydrogen (secondary N) is 2. The lowest BCUT2D eigenvalue weighted by Crippen LogP contribution is -2.54. The van der Waals surface area contributed by atoms with Crippen LogP contribution in [0.2, 0.25) is 0 Å². The fourth-order valence-corrected chi connectivity index (χ4v) is 5.10. The number of carbonyl (C=O) groups is 4. The fraction of sp³-hybridized carbons (Fsp3) is 0.524. The number of hydrogen-bond acceptors (Lipinski definition) is 7. The quantitative estimate of drug-likeness (QED) is 0.572. The van der Waals surface area contributed by atoms with Crippen LogP contribution < -0.4 is 16.4 Å². The maximum absolute atomic E-state index is 12.9. The first-order valence-corrected chi connectivity index (χ1v) is 10.3. The van der Waals surface area contributed by atoms with Crippen LogP contribution in [0.5, 0.6) is 0 Å². The van der Waals surface area contributed by atoms with Crippen LogP contribution in [0.3, 0.4) is 0 Å². The lowest BCUT2D eigenvalue weighted by molar-refractivity contribution is -0.136. The van der Waals surface area contributed by atoms with Crippen molar-refractivity contribution in [3.05, 3.63) is 34.9 Å². The third kappa shape index (κ3) is 3.05. The van der Waals surface area contributed by atoms with Gasteiger partial charge in [-0.05, 0) is 43.4 Å². The molecule has 1 aromatic rings. The Morgan fingerprint density at radius 1 is 1.17 bits per heavy atom. The van der Waals surface area contributed by atoms with Gasteiger partial charge in [0.1, 0.15) is 6.04 Å². The molecule has 1 aromatic carbocycles. The van der Waals surface area contributed by atoms with Crippen molar-refractivity contribution in [2.24, 2.45) is 5.73 Å². The van der Waals surface area contributed by atoms with Gasteiger partial charge in [0.2, 0.25) is 11.8 Å². The van der Waals surface area contributed by atoms with Gasteiger partial charge in [0, 0.05) is 25.0 Å². The van der Waals surface area contributed by atoms with E-state index in [2.05, 4.69) is 10.6 Å². The summed E-state index contributed by atoms with van der Waals surface area (Å²) in [4.78, 5) is 50.1. The first kappa shape index (κ1) is 19.3. The molecule has 9 nitrogen and oxygen atoms in total. The molecule has 3 unspecified atom stereocenters. The van der Waals surface area contributed by atoms with Crippen molar-refractivity contribution in [2.45, 2.75) is 55.8 Å². The predicted octanol–water partition coefficient (Wildman–Crippen LogP) is -0.172. The Bertz CT molecular complexity index is 966. The molecule has 0 spiro atoms. The van der Waals surface area contributed by atoms with E-state index in [1.54, 1.807) is 18.2 Å². The van der Waals surface area contributed by atoms with Crippen molar-refractivity contribution in [3.63, 3.8) is 0 Å². The van der Waals surface area contributed by atoms with Gasteiger partial charge in [-0.2, -0.15) is 0 Å². The molecule has 0 radical (unpaired) electrons. The Morgan fingerprint density at radius 2 is 1.97 bits per heavy atom. The van der Waals surface area contributed by atoms with Gasteiger partial charge in [0.15, 0.2) is 0 Å². The van der Waals surface area contributed by atoms with Crippen LogP contribution in [0.1, 0.15) is 58.4 Å². The number of nitrogens with zero attached hydrogens (tertiary/aromatic N) is 1. The van der Waals surface area contributed by atoms with Crippen molar-refractivity contribution in [2.75, 3.05) is 13.2 Å². The maximum Gasteiger partial charge on any atom is 0.262 e. The number of ether oxygens (including phenoxy) is 1. The summed E-state index contributed by atoms with van der Waals surface area (Å²) < 4.78 is 5.93. The zero-order valence-electron chi connectivity index (χ0n) is 16.5. The molecule has 2 saturated heterocycles. The van der Waals surface area contributed by atoms with Gasteiger partial charge in [0.25, 0.3) is 11.8 Å². The van der Waals surface area contributed by atoms with Gasteiger partial charge >= 0.3 is 0 Å². The summed E-state index contributed by atoms with van der Waals surface area (Å²) >= 11 is 0. The third-order valence-corrected chi connectivity index (χ3v) is 6.70. The minimum Gasteiger partial charge on any atom is -0.372 e. The van der Waals surface area contributed by atoms with Gasteiger partial charge < -0.3 is 15.8 Å². The molecule has 1 saturated carbocycles.